The first-order chi connectivity index (χ1) is 7.54. The van der Waals surface area contributed by atoms with Crippen molar-refractivity contribution >= 4 is 6.29 Å². The van der Waals surface area contributed by atoms with Crippen LogP contribution in [0.1, 0.15) is 11.6 Å². The molecular formula is C10H9F2NO3. The maximum Gasteiger partial charge on any atom is 0.321 e. The molecule has 2 rings (SSSR count). The topological polar surface area (TPSA) is 61.6 Å². The molecule has 1 atom stereocenters. The van der Waals surface area contributed by atoms with Crippen molar-refractivity contribution in [2.24, 2.45) is 5.73 Å². The Morgan fingerprint density at radius 3 is 2.75 bits per heavy atom. The number of alkyl halides is 2. The van der Waals surface area contributed by atoms with Gasteiger partial charge in [0.2, 0.25) is 6.79 Å². The average molecular weight is 229 g/mol. The Hall–Kier alpha value is -1.69. The molecule has 6 heteroatoms. The van der Waals surface area contributed by atoms with Crippen LogP contribution in [0.15, 0.2) is 18.2 Å². The van der Waals surface area contributed by atoms with Gasteiger partial charge < -0.3 is 15.2 Å². The van der Waals surface area contributed by atoms with Gasteiger partial charge in [-0.15, -0.1) is 0 Å². The van der Waals surface area contributed by atoms with Crippen molar-refractivity contribution in [2.45, 2.75) is 12.0 Å². The molecule has 1 aromatic carbocycles. The van der Waals surface area contributed by atoms with Gasteiger partial charge in [0.25, 0.3) is 0 Å². The van der Waals surface area contributed by atoms with Crippen LogP contribution in [0.3, 0.4) is 0 Å². The molecule has 1 aromatic rings. The van der Waals surface area contributed by atoms with E-state index in [0.29, 0.717) is 11.5 Å². The van der Waals surface area contributed by atoms with Gasteiger partial charge in [0.05, 0.1) is 0 Å². The minimum atomic E-state index is -3.59. The van der Waals surface area contributed by atoms with Crippen molar-refractivity contribution < 1.29 is 23.0 Å². The molecule has 2 N–H and O–H groups in total. The Balaban J connectivity index is 2.31. The summed E-state index contributed by atoms with van der Waals surface area (Å²) in [5, 5.41) is 0. The molecular weight excluding hydrogens is 220 g/mol. The first-order valence-electron chi connectivity index (χ1n) is 4.54. The summed E-state index contributed by atoms with van der Waals surface area (Å²) in [6.07, 6.45) is -0.456. The molecule has 1 aliphatic heterocycles. The molecule has 0 amide bonds. The fraction of sp³-hybridized carbons (Fsp3) is 0.300. The van der Waals surface area contributed by atoms with Crippen molar-refractivity contribution in [3.8, 4) is 11.5 Å². The Morgan fingerprint density at radius 1 is 1.38 bits per heavy atom. The number of fused-ring (bicyclic) bond motifs is 1. The van der Waals surface area contributed by atoms with Gasteiger partial charge in [0.1, 0.15) is 6.04 Å². The van der Waals surface area contributed by atoms with Gasteiger partial charge in [0, 0.05) is 0 Å². The number of carbonyl (C=O) groups excluding carboxylic acids is 1. The molecule has 0 radical (unpaired) electrons. The van der Waals surface area contributed by atoms with E-state index in [1.807, 2.05) is 0 Å². The number of benzene rings is 1. The molecule has 0 saturated carbocycles. The highest BCUT2D eigenvalue weighted by atomic mass is 19.3. The molecule has 4 nitrogen and oxygen atoms in total. The molecule has 0 bridgehead atoms. The minimum absolute atomic E-state index is 0.0537. The molecule has 0 spiro atoms. The van der Waals surface area contributed by atoms with Crippen LogP contribution >= 0.6 is 0 Å². The van der Waals surface area contributed by atoms with Gasteiger partial charge >= 0.3 is 5.92 Å². The number of nitrogens with two attached hydrogens (primary N) is 1. The largest absolute Gasteiger partial charge is 0.454 e. The Kier molecular flexibility index (Phi) is 2.51. The zero-order valence-electron chi connectivity index (χ0n) is 8.15. The molecule has 0 saturated heterocycles. The third kappa shape index (κ3) is 1.71. The summed E-state index contributed by atoms with van der Waals surface area (Å²) >= 11 is 0. The lowest BCUT2D eigenvalue weighted by Crippen LogP contribution is -2.34. The van der Waals surface area contributed by atoms with Crippen molar-refractivity contribution in [2.75, 3.05) is 6.79 Å². The van der Waals surface area contributed by atoms with Crippen LogP contribution in [0.2, 0.25) is 0 Å². The molecule has 16 heavy (non-hydrogen) atoms. The molecule has 1 heterocycles. The second kappa shape index (κ2) is 3.71. The summed E-state index contributed by atoms with van der Waals surface area (Å²) < 4.78 is 36.1. The highest BCUT2D eigenvalue weighted by Gasteiger charge is 2.38. The van der Waals surface area contributed by atoms with Crippen LogP contribution in [0.25, 0.3) is 0 Å². The van der Waals surface area contributed by atoms with Crippen molar-refractivity contribution in [1.29, 1.82) is 0 Å². The quantitative estimate of drug-likeness (QED) is 0.792. The number of aldehydes is 1. The monoisotopic (exact) mass is 229 g/mol. The third-order valence-corrected chi connectivity index (χ3v) is 2.33. The Morgan fingerprint density at radius 2 is 2.06 bits per heavy atom. The standard InChI is InChI=1S/C10H9F2NO3/c11-10(12,4-14)9(13)6-1-2-7-8(3-6)16-5-15-7/h1-4,9H,5,13H2. The zero-order valence-corrected chi connectivity index (χ0v) is 8.15. The number of carbonyl (C=O) groups is 1. The zero-order chi connectivity index (χ0) is 11.8. The van der Waals surface area contributed by atoms with Crippen LogP contribution in [0.4, 0.5) is 8.78 Å². The summed E-state index contributed by atoms with van der Waals surface area (Å²) in [7, 11) is 0. The highest BCUT2D eigenvalue weighted by Crippen LogP contribution is 2.36. The van der Waals surface area contributed by atoms with Gasteiger partial charge in [-0.25, -0.2) is 0 Å². The third-order valence-electron chi connectivity index (χ3n) is 2.33. The van der Waals surface area contributed by atoms with E-state index < -0.39 is 18.3 Å². The average Bonchev–Trinajstić information content (AvgIpc) is 2.74. The summed E-state index contributed by atoms with van der Waals surface area (Å²) in [5.41, 5.74) is 5.43. The van der Waals surface area contributed by atoms with Crippen LogP contribution in [-0.4, -0.2) is 19.0 Å². The van der Waals surface area contributed by atoms with Crippen molar-refractivity contribution in [3.05, 3.63) is 23.8 Å². The van der Waals surface area contributed by atoms with Crippen LogP contribution < -0.4 is 15.2 Å². The molecule has 0 aliphatic carbocycles. The van der Waals surface area contributed by atoms with Crippen molar-refractivity contribution in [1.82, 2.24) is 0 Å². The second-order valence-corrected chi connectivity index (χ2v) is 3.38. The van der Waals surface area contributed by atoms with E-state index in [1.165, 1.54) is 18.2 Å². The lowest BCUT2D eigenvalue weighted by atomic mass is 10.0. The minimum Gasteiger partial charge on any atom is -0.454 e. The number of ether oxygens (including phenoxy) is 2. The summed E-state index contributed by atoms with van der Waals surface area (Å²) in [5.74, 6) is -2.76. The summed E-state index contributed by atoms with van der Waals surface area (Å²) in [6, 6.07) is 2.54. The predicted octanol–water partition coefficient (Wildman–Crippen LogP) is 1.25. The normalized spacial score (nSPS) is 15.9. The number of rotatable bonds is 3. The van der Waals surface area contributed by atoms with Gasteiger partial charge in [0.15, 0.2) is 17.8 Å². The van der Waals surface area contributed by atoms with Crippen LogP contribution in [-0.2, 0) is 4.79 Å². The molecule has 86 valence electrons. The first kappa shape index (κ1) is 10.8. The molecule has 1 aliphatic rings. The van der Waals surface area contributed by atoms with E-state index in [1.54, 1.807) is 0 Å². The van der Waals surface area contributed by atoms with E-state index in [2.05, 4.69) is 0 Å². The number of hydrogen-bond donors (Lipinski definition) is 1. The Bertz CT molecular complexity index is 423. The maximum atomic E-state index is 13.0. The van der Waals surface area contributed by atoms with Gasteiger partial charge in [-0.05, 0) is 17.7 Å². The summed E-state index contributed by atoms with van der Waals surface area (Å²) in [4.78, 5) is 10.2. The molecule has 0 fully saturated rings. The summed E-state index contributed by atoms with van der Waals surface area (Å²) in [6.45, 7) is 0.0537. The first-order valence-corrected chi connectivity index (χ1v) is 4.54. The van der Waals surface area contributed by atoms with Crippen molar-refractivity contribution in [3.63, 3.8) is 0 Å². The van der Waals surface area contributed by atoms with Gasteiger partial charge in [-0.3, -0.25) is 4.79 Å². The van der Waals surface area contributed by atoms with Gasteiger partial charge in [-0.2, -0.15) is 8.78 Å². The van der Waals surface area contributed by atoms with Crippen LogP contribution in [0, 0.1) is 0 Å². The number of halogens is 2. The Labute approximate surface area is 89.9 Å². The molecule has 0 aromatic heterocycles. The lowest BCUT2D eigenvalue weighted by molar-refractivity contribution is -0.132. The maximum absolute atomic E-state index is 13.0. The van der Waals surface area contributed by atoms with E-state index in [9.17, 15) is 13.6 Å². The molecule has 1 unspecified atom stereocenters. The van der Waals surface area contributed by atoms with E-state index in [0.717, 1.165) is 0 Å². The second-order valence-electron chi connectivity index (χ2n) is 3.38. The fourth-order valence-corrected chi connectivity index (χ4v) is 1.40. The fourth-order valence-electron chi connectivity index (χ4n) is 1.40. The SMILES string of the molecule is NC(c1ccc2c(c1)OCO2)C(F)(F)C=O. The number of hydrogen-bond acceptors (Lipinski definition) is 4. The van der Waals surface area contributed by atoms with E-state index in [-0.39, 0.29) is 12.4 Å². The van der Waals surface area contributed by atoms with E-state index in [4.69, 9.17) is 15.2 Å². The lowest BCUT2D eigenvalue weighted by Gasteiger charge is -2.18. The van der Waals surface area contributed by atoms with E-state index >= 15 is 0 Å². The predicted molar refractivity (Wildman–Crippen MR) is 50.5 cm³/mol. The smallest absolute Gasteiger partial charge is 0.321 e. The highest BCUT2D eigenvalue weighted by molar-refractivity contribution is 5.62. The van der Waals surface area contributed by atoms with Crippen LogP contribution in [0.5, 0.6) is 11.5 Å². The van der Waals surface area contributed by atoms with Gasteiger partial charge in [-0.1, -0.05) is 6.07 Å².